The fraction of sp³-hybridized carbons (Fsp3) is 0.406. The Hall–Kier alpha value is -4.12. The molecule has 0 amide bonds. The van der Waals surface area contributed by atoms with Gasteiger partial charge in [0.05, 0.1) is 0 Å². The molecule has 1 aliphatic carbocycles. The lowest BCUT2D eigenvalue weighted by molar-refractivity contribution is -0.274. The Balaban J connectivity index is 1.09. The molecule has 2 aliphatic rings. The summed E-state index contributed by atoms with van der Waals surface area (Å²) in [4.78, 5) is 11.3. The number of nitrogens with one attached hydrogen (secondary N) is 2. The van der Waals surface area contributed by atoms with Crippen LogP contribution in [-0.4, -0.2) is 52.7 Å². The molecule has 3 atom stereocenters. The largest absolute Gasteiger partial charge is 0.573 e. The molecule has 0 radical (unpaired) electrons. The molecule has 6 rings (SSSR count). The Morgan fingerprint density at radius 2 is 1.70 bits per heavy atom. The predicted octanol–water partition coefficient (Wildman–Crippen LogP) is 6.99. The van der Waals surface area contributed by atoms with Crippen molar-refractivity contribution in [2.45, 2.75) is 69.9 Å². The van der Waals surface area contributed by atoms with Gasteiger partial charge in [0.1, 0.15) is 11.6 Å². The highest BCUT2D eigenvalue weighted by molar-refractivity contribution is 5.67. The molecule has 0 spiro atoms. The Morgan fingerprint density at radius 1 is 0.907 bits per heavy atom. The van der Waals surface area contributed by atoms with Crippen molar-refractivity contribution in [2.75, 3.05) is 23.3 Å². The van der Waals surface area contributed by atoms with Gasteiger partial charge in [-0.3, -0.25) is 0 Å². The van der Waals surface area contributed by atoms with Crippen LogP contribution in [0.3, 0.4) is 0 Å². The number of nitrogens with zero attached hydrogens (tertiary/aromatic N) is 4. The number of anilines is 2. The molecule has 8 nitrogen and oxygen atoms in total. The van der Waals surface area contributed by atoms with Crippen molar-refractivity contribution in [3.63, 3.8) is 0 Å². The van der Waals surface area contributed by atoms with Crippen LogP contribution in [0.2, 0.25) is 0 Å². The zero-order valence-electron chi connectivity index (χ0n) is 24.0. The summed E-state index contributed by atoms with van der Waals surface area (Å²) in [7, 11) is 0. The van der Waals surface area contributed by atoms with Crippen molar-refractivity contribution in [1.29, 1.82) is 0 Å². The third-order valence-electron chi connectivity index (χ3n) is 8.15. The van der Waals surface area contributed by atoms with Gasteiger partial charge in [-0.05, 0) is 85.3 Å². The maximum Gasteiger partial charge on any atom is 0.573 e. The number of piperidine rings is 1. The summed E-state index contributed by atoms with van der Waals surface area (Å²) in [5.74, 6) is 1.61. The van der Waals surface area contributed by atoms with Crippen LogP contribution in [0, 0.1) is 6.92 Å². The lowest BCUT2D eigenvalue weighted by atomic mass is 9.89. The van der Waals surface area contributed by atoms with E-state index in [9.17, 15) is 13.2 Å². The van der Waals surface area contributed by atoms with Gasteiger partial charge in [-0.1, -0.05) is 30.1 Å². The molecule has 4 aromatic rings. The number of aryl methyl sites for hydroxylation is 1. The minimum absolute atomic E-state index is 0.199. The van der Waals surface area contributed by atoms with Gasteiger partial charge >= 0.3 is 6.36 Å². The number of hydrogen-bond donors (Lipinski definition) is 2. The van der Waals surface area contributed by atoms with Crippen molar-refractivity contribution in [3.05, 3.63) is 72.8 Å². The van der Waals surface area contributed by atoms with Gasteiger partial charge in [0.25, 0.3) is 0 Å². The summed E-state index contributed by atoms with van der Waals surface area (Å²) in [6.45, 7) is 3.72. The maximum atomic E-state index is 12.7. The van der Waals surface area contributed by atoms with Crippen LogP contribution in [0.25, 0.3) is 22.5 Å². The normalized spacial score (nSPS) is 21.0. The van der Waals surface area contributed by atoms with Crippen molar-refractivity contribution in [1.82, 2.24) is 20.4 Å². The monoisotopic (exact) mass is 592 g/mol. The fourth-order valence-corrected chi connectivity index (χ4v) is 6.14. The smallest absolute Gasteiger partial charge is 0.406 e. The molecule has 1 saturated heterocycles. The molecule has 0 unspecified atom stereocenters. The third-order valence-corrected chi connectivity index (χ3v) is 8.15. The van der Waals surface area contributed by atoms with Crippen LogP contribution in [0.15, 0.2) is 71.4 Å². The lowest BCUT2D eigenvalue weighted by Crippen LogP contribution is -2.54. The van der Waals surface area contributed by atoms with E-state index in [2.05, 4.69) is 47.5 Å². The summed E-state index contributed by atoms with van der Waals surface area (Å²) in [5, 5.41) is 11.6. The van der Waals surface area contributed by atoms with Gasteiger partial charge in [-0.15, -0.1) is 13.2 Å². The first kappa shape index (κ1) is 29.0. The maximum absolute atomic E-state index is 12.7. The number of alkyl halides is 3. The number of ether oxygens (including phenoxy) is 1. The second kappa shape index (κ2) is 12.6. The molecule has 11 heteroatoms. The van der Waals surface area contributed by atoms with Crippen LogP contribution in [-0.2, 0) is 0 Å². The average molecular weight is 593 g/mol. The highest BCUT2D eigenvalue weighted by Gasteiger charge is 2.31. The van der Waals surface area contributed by atoms with E-state index in [-0.39, 0.29) is 17.8 Å². The van der Waals surface area contributed by atoms with Crippen molar-refractivity contribution >= 4 is 11.5 Å². The van der Waals surface area contributed by atoms with Gasteiger partial charge < -0.3 is 24.8 Å². The number of aromatic nitrogens is 3. The predicted molar refractivity (Wildman–Crippen MR) is 159 cm³/mol. The van der Waals surface area contributed by atoms with E-state index in [0.717, 1.165) is 56.3 Å². The Morgan fingerprint density at radius 3 is 2.47 bits per heavy atom. The van der Waals surface area contributed by atoms with Crippen LogP contribution >= 0.6 is 0 Å². The molecule has 1 saturated carbocycles. The first-order valence-corrected chi connectivity index (χ1v) is 14.8. The molecular weight excluding hydrogens is 557 g/mol. The highest BCUT2D eigenvalue weighted by atomic mass is 19.4. The molecule has 226 valence electrons. The minimum atomic E-state index is -4.73. The van der Waals surface area contributed by atoms with Crippen molar-refractivity contribution < 1.29 is 22.4 Å². The molecule has 2 N–H and O–H groups in total. The zero-order valence-corrected chi connectivity index (χ0v) is 24.0. The van der Waals surface area contributed by atoms with Gasteiger partial charge in [-0.2, -0.15) is 4.98 Å². The fourth-order valence-electron chi connectivity index (χ4n) is 6.14. The topological polar surface area (TPSA) is 88.3 Å². The number of halogens is 3. The summed E-state index contributed by atoms with van der Waals surface area (Å²) in [6, 6.07) is 18.9. The molecular formula is C32H35F3N6O2. The molecule has 2 aromatic heterocycles. The summed E-state index contributed by atoms with van der Waals surface area (Å²) in [6.07, 6.45) is 3.57. The van der Waals surface area contributed by atoms with E-state index in [1.54, 1.807) is 31.3 Å². The second-order valence-corrected chi connectivity index (χ2v) is 11.3. The van der Waals surface area contributed by atoms with E-state index < -0.39 is 6.36 Å². The summed E-state index contributed by atoms with van der Waals surface area (Å²) >= 11 is 0. The van der Waals surface area contributed by atoms with E-state index >= 15 is 0 Å². The van der Waals surface area contributed by atoms with E-state index in [1.165, 1.54) is 24.2 Å². The van der Waals surface area contributed by atoms with E-state index in [0.29, 0.717) is 29.1 Å². The number of hydrogen-bond acceptors (Lipinski definition) is 8. The van der Waals surface area contributed by atoms with Gasteiger partial charge in [0.15, 0.2) is 0 Å². The lowest BCUT2D eigenvalue weighted by Gasteiger charge is -2.40. The minimum Gasteiger partial charge on any atom is -0.406 e. The second-order valence-electron chi connectivity index (χ2n) is 11.3. The van der Waals surface area contributed by atoms with Crippen LogP contribution in [0.5, 0.6) is 5.75 Å². The quantitative estimate of drug-likeness (QED) is 0.226. The molecule has 43 heavy (non-hydrogen) atoms. The molecule has 2 aromatic carbocycles. The van der Waals surface area contributed by atoms with Gasteiger partial charge in [0.2, 0.25) is 11.7 Å². The summed E-state index contributed by atoms with van der Waals surface area (Å²) in [5.41, 5.74) is 3.52. The van der Waals surface area contributed by atoms with Gasteiger partial charge in [0, 0.05) is 55.6 Å². The van der Waals surface area contributed by atoms with Gasteiger partial charge in [-0.25, -0.2) is 4.98 Å². The van der Waals surface area contributed by atoms with E-state index in [4.69, 9.17) is 4.52 Å². The zero-order chi connectivity index (χ0) is 29.8. The van der Waals surface area contributed by atoms with Crippen molar-refractivity contribution in [2.24, 2.45) is 0 Å². The standard InChI is InChI=1S/C32H35F3N6O2/c1-21-37-31(40-43-21)22-11-13-26(14-12-22)41-17-5-7-25(20-41)38-28-9-2-3-10-29(28)39-30-19-24(15-16-36-30)23-6-4-8-27(18-23)42-32(33,34)35/h4,6,8,11-16,18-19,25,28-29,38H,2-3,5,7,9-10,17,20H2,1H3,(H,36,39)/t25-,28+,29+/m0/s1. The number of rotatable bonds is 8. The third kappa shape index (κ3) is 7.45. The molecule has 3 heterocycles. The van der Waals surface area contributed by atoms with Crippen LogP contribution in [0.4, 0.5) is 24.7 Å². The van der Waals surface area contributed by atoms with Crippen LogP contribution in [0.1, 0.15) is 44.4 Å². The summed E-state index contributed by atoms with van der Waals surface area (Å²) < 4.78 is 47.4. The van der Waals surface area contributed by atoms with Crippen LogP contribution < -0.4 is 20.3 Å². The Bertz CT molecular complexity index is 1510. The SMILES string of the molecule is Cc1nc(-c2ccc(N3CCC[C@H](N[C@@H]4CCCC[C@H]4Nc4cc(-c5cccc(OC(F)(F)F)c5)ccn4)C3)cc2)no1. The molecule has 2 fully saturated rings. The first-order valence-electron chi connectivity index (χ1n) is 14.8. The number of benzene rings is 2. The van der Waals surface area contributed by atoms with Crippen molar-refractivity contribution in [3.8, 4) is 28.3 Å². The Labute approximate surface area is 248 Å². The van der Waals surface area contributed by atoms with E-state index in [1.807, 2.05) is 18.2 Å². The molecule has 0 bridgehead atoms. The Kier molecular flexibility index (Phi) is 8.51. The molecule has 1 aliphatic heterocycles. The highest BCUT2D eigenvalue weighted by Crippen LogP contribution is 2.30. The average Bonchev–Trinajstić information content (AvgIpc) is 3.44. The number of pyridine rings is 1. The first-order chi connectivity index (χ1) is 20.8.